The molecule has 0 N–H and O–H groups in total. The second-order valence-corrected chi connectivity index (χ2v) is 27.1. The third-order valence-electron chi connectivity index (χ3n) is 18.4. The van der Waals surface area contributed by atoms with Gasteiger partial charge in [0.15, 0.2) is 0 Å². The van der Waals surface area contributed by atoms with Gasteiger partial charge in [0.2, 0.25) is 0 Å². The highest BCUT2D eigenvalue weighted by Crippen LogP contribution is 2.56. The van der Waals surface area contributed by atoms with Gasteiger partial charge in [-0.15, -0.1) is 0 Å². The zero-order valence-electron chi connectivity index (χ0n) is 44.5. The van der Waals surface area contributed by atoms with Crippen LogP contribution in [-0.2, 0) is 37.9 Å². The standard InChI is InChI=1S/C65H77BN2/c1-40-22-25-53-51(32-40)66-52-37-48-50(65(15,16)31-29-63(48,11)12)39-55(52)67(43-23-24-45-46(35-43)61(7,8)27-26-60(45,5)6)56-33-42(59(2,3)4)34-57(58(56)66)68(53)54-38-49-47(62(9,10)28-30-64(49,13)14)36-44(54)41-20-18-17-19-21-41/h17-25,32-39H,26-31H2,1-16H3. The fraction of sp³-hybridized carbons (Fsp3) is 0.446. The molecule has 0 atom stereocenters. The molecule has 0 aromatic heterocycles. The SMILES string of the molecule is Cc1ccc2c(c1)B1c3cc4c(cc3N(c3ccc5c(c3)C(C)(C)CCC5(C)C)c3cc(C(C)(C)C)cc(c31)N2c1cc2c(cc1-c1ccccc1)C(C)(C)CCC2(C)C)C(C)(C)CCC4(C)C. The molecule has 0 unspecified atom stereocenters. The quantitative estimate of drug-likeness (QED) is 0.163. The third-order valence-corrected chi connectivity index (χ3v) is 18.4. The molecule has 5 aliphatic rings. The summed E-state index contributed by atoms with van der Waals surface area (Å²) < 4.78 is 0. The van der Waals surface area contributed by atoms with Crippen LogP contribution in [0.3, 0.4) is 0 Å². The minimum absolute atomic E-state index is 0.0418. The van der Waals surface area contributed by atoms with Crippen LogP contribution in [0.25, 0.3) is 11.1 Å². The van der Waals surface area contributed by atoms with Crippen LogP contribution in [0.1, 0.15) is 187 Å². The molecule has 2 heterocycles. The number of nitrogens with zero attached hydrogens (tertiary/aromatic N) is 2. The predicted octanol–water partition coefficient (Wildman–Crippen LogP) is 16.1. The smallest absolute Gasteiger partial charge is 0.252 e. The van der Waals surface area contributed by atoms with E-state index >= 15 is 0 Å². The molecular formula is C65H77BN2. The topological polar surface area (TPSA) is 6.48 Å². The maximum atomic E-state index is 2.74. The average molecular weight is 897 g/mol. The van der Waals surface area contributed by atoms with Crippen LogP contribution >= 0.6 is 0 Å². The van der Waals surface area contributed by atoms with Crippen molar-refractivity contribution in [3.8, 4) is 11.1 Å². The lowest BCUT2D eigenvalue weighted by Crippen LogP contribution is -2.62. The lowest BCUT2D eigenvalue weighted by molar-refractivity contribution is 0.332. The lowest BCUT2D eigenvalue weighted by Gasteiger charge is -2.49. The van der Waals surface area contributed by atoms with Gasteiger partial charge in [-0.05, 0) is 193 Å². The molecule has 2 aliphatic heterocycles. The highest BCUT2D eigenvalue weighted by molar-refractivity contribution is 7.00. The van der Waals surface area contributed by atoms with Gasteiger partial charge in [-0.3, -0.25) is 0 Å². The van der Waals surface area contributed by atoms with E-state index in [0.717, 1.165) is 0 Å². The van der Waals surface area contributed by atoms with Crippen molar-refractivity contribution in [2.45, 2.75) is 187 Å². The average Bonchev–Trinajstić information content (AvgIpc) is 3.27. The first-order chi connectivity index (χ1) is 31.7. The number of rotatable bonds is 3. The van der Waals surface area contributed by atoms with E-state index in [1.165, 1.54) is 145 Å². The van der Waals surface area contributed by atoms with Crippen molar-refractivity contribution in [3.05, 3.63) is 148 Å². The predicted molar refractivity (Wildman–Crippen MR) is 295 cm³/mol. The fourth-order valence-electron chi connectivity index (χ4n) is 13.5. The van der Waals surface area contributed by atoms with Gasteiger partial charge in [0.05, 0.1) is 5.69 Å². The van der Waals surface area contributed by atoms with E-state index in [1.54, 1.807) is 0 Å². The molecule has 0 fully saturated rings. The Morgan fingerprint density at radius 3 is 1.44 bits per heavy atom. The van der Waals surface area contributed by atoms with Crippen molar-refractivity contribution < 1.29 is 0 Å². The summed E-state index contributed by atoms with van der Waals surface area (Å²) >= 11 is 0. The van der Waals surface area contributed by atoms with E-state index < -0.39 is 0 Å². The first-order valence-corrected chi connectivity index (χ1v) is 26.2. The van der Waals surface area contributed by atoms with Crippen molar-refractivity contribution in [2.75, 3.05) is 9.80 Å². The summed E-state index contributed by atoms with van der Waals surface area (Å²) in [6.07, 6.45) is 7.10. The molecule has 0 spiro atoms. The Labute approximate surface area is 411 Å². The van der Waals surface area contributed by atoms with Crippen molar-refractivity contribution in [3.63, 3.8) is 0 Å². The van der Waals surface area contributed by atoms with E-state index in [-0.39, 0.29) is 44.6 Å². The van der Waals surface area contributed by atoms with Crippen LogP contribution in [0, 0.1) is 6.92 Å². The molecule has 6 aromatic carbocycles. The molecule has 0 radical (unpaired) electrons. The maximum Gasteiger partial charge on any atom is 0.252 e. The first-order valence-electron chi connectivity index (χ1n) is 26.2. The zero-order chi connectivity index (χ0) is 48.5. The molecule has 350 valence electrons. The van der Waals surface area contributed by atoms with E-state index in [4.69, 9.17) is 0 Å². The molecule has 0 amide bonds. The molecule has 6 aromatic rings. The van der Waals surface area contributed by atoms with Crippen LogP contribution < -0.4 is 26.2 Å². The van der Waals surface area contributed by atoms with E-state index in [0.29, 0.717) is 0 Å². The van der Waals surface area contributed by atoms with Crippen molar-refractivity contribution >= 4 is 57.2 Å². The number of anilines is 6. The van der Waals surface area contributed by atoms with Gasteiger partial charge in [0, 0.05) is 34.0 Å². The monoisotopic (exact) mass is 897 g/mol. The molecule has 0 saturated carbocycles. The lowest BCUT2D eigenvalue weighted by atomic mass is 9.33. The van der Waals surface area contributed by atoms with E-state index in [1.807, 2.05) is 0 Å². The molecule has 0 bridgehead atoms. The number of benzene rings is 6. The van der Waals surface area contributed by atoms with Crippen LogP contribution in [0.5, 0.6) is 0 Å². The highest BCUT2D eigenvalue weighted by Gasteiger charge is 2.49. The van der Waals surface area contributed by atoms with Gasteiger partial charge in [0.1, 0.15) is 0 Å². The summed E-state index contributed by atoms with van der Waals surface area (Å²) in [5, 5.41) is 0. The van der Waals surface area contributed by atoms with Crippen molar-refractivity contribution in [2.24, 2.45) is 0 Å². The molecule has 2 nitrogen and oxygen atoms in total. The molecule has 3 heteroatoms. The van der Waals surface area contributed by atoms with Crippen LogP contribution in [0.2, 0.25) is 0 Å². The van der Waals surface area contributed by atoms with Crippen LogP contribution in [-0.4, -0.2) is 6.71 Å². The maximum absolute atomic E-state index is 2.74. The largest absolute Gasteiger partial charge is 0.311 e. The molecule has 68 heavy (non-hydrogen) atoms. The zero-order valence-corrected chi connectivity index (χ0v) is 44.5. The summed E-state index contributed by atoms with van der Waals surface area (Å²) in [5.74, 6) is 0. The van der Waals surface area contributed by atoms with Gasteiger partial charge in [-0.2, -0.15) is 0 Å². The number of fused-ring (bicyclic) bond motifs is 7. The molecule has 3 aliphatic carbocycles. The summed E-state index contributed by atoms with van der Waals surface area (Å²) in [6, 6.07) is 42.1. The second kappa shape index (κ2) is 14.5. The van der Waals surface area contributed by atoms with Crippen LogP contribution in [0.4, 0.5) is 34.1 Å². The molecular weight excluding hydrogens is 820 g/mol. The van der Waals surface area contributed by atoms with Gasteiger partial charge < -0.3 is 9.80 Å². The van der Waals surface area contributed by atoms with Gasteiger partial charge in [-0.1, -0.05) is 164 Å². The summed E-state index contributed by atoms with van der Waals surface area (Å²) in [7, 11) is 0. The Balaban J connectivity index is 1.30. The van der Waals surface area contributed by atoms with Gasteiger partial charge in [-0.25, -0.2) is 0 Å². The second-order valence-electron chi connectivity index (χ2n) is 27.1. The number of hydrogen-bond acceptors (Lipinski definition) is 2. The summed E-state index contributed by atoms with van der Waals surface area (Å²) in [4.78, 5) is 5.47. The Bertz CT molecular complexity index is 3080. The Morgan fingerprint density at radius 2 is 0.882 bits per heavy atom. The first kappa shape index (κ1) is 45.4. The van der Waals surface area contributed by atoms with Crippen LogP contribution in [0.15, 0.2) is 103 Å². The molecule has 0 saturated heterocycles. The van der Waals surface area contributed by atoms with Crippen molar-refractivity contribution in [1.82, 2.24) is 0 Å². The fourth-order valence-corrected chi connectivity index (χ4v) is 13.5. The van der Waals surface area contributed by atoms with E-state index in [2.05, 4.69) is 224 Å². The minimum Gasteiger partial charge on any atom is -0.311 e. The number of hydrogen-bond donors (Lipinski definition) is 0. The third kappa shape index (κ3) is 6.77. The summed E-state index contributed by atoms with van der Waals surface area (Å²) in [6.45, 7) is 39.4. The van der Waals surface area contributed by atoms with Crippen molar-refractivity contribution in [1.29, 1.82) is 0 Å². The number of aryl methyl sites for hydroxylation is 1. The van der Waals surface area contributed by atoms with E-state index in [9.17, 15) is 0 Å². The normalized spacial score (nSPS) is 20.6. The highest BCUT2D eigenvalue weighted by atomic mass is 15.2. The minimum atomic E-state index is -0.111. The van der Waals surface area contributed by atoms with Gasteiger partial charge >= 0.3 is 0 Å². The Morgan fingerprint density at radius 1 is 0.412 bits per heavy atom. The Hall–Kier alpha value is -5.02. The Kier molecular flexibility index (Phi) is 9.70. The molecule has 11 rings (SSSR count). The van der Waals surface area contributed by atoms with Gasteiger partial charge in [0.25, 0.3) is 6.71 Å². The summed E-state index contributed by atoms with van der Waals surface area (Å²) in [5.41, 5.74) is 26.7.